The van der Waals surface area contributed by atoms with E-state index >= 15 is 0 Å². The molecule has 1 rings (SSSR count). The Kier molecular flexibility index (Phi) is 5.68. The van der Waals surface area contributed by atoms with Crippen LogP contribution in [0.3, 0.4) is 0 Å². The summed E-state index contributed by atoms with van der Waals surface area (Å²) in [6.07, 6.45) is 0.440. The Hall–Kier alpha value is -1.21. The summed E-state index contributed by atoms with van der Waals surface area (Å²) in [6.45, 7) is 0. The van der Waals surface area contributed by atoms with Crippen molar-refractivity contribution in [3.63, 3.8) is 0 Å². The molecular formula is C12H17NO4S2. The van der Waals surface area contributed by atoms with E-state index in [1.165, 1.54) is 30.3 Å². The van der Waals surface area contributed by atoms with E-state index in [9.17, 15) is 18.0 Å². The molecule has 19 heavy (non-hydrogen) atoms. The highest BCUT2D eigenvalue weighted by molar-refractivity contribution is 7.92. The van der Waals surface area contributed by atoms with E-state index < -0.39 is 21.5 Å². The van der Waals surface area contributed by atoms with Gasteiger partial charge in [-0.3, -0.25) is 9.59 Å². The molecule has 0 unspecified atom stereocenters. The quantitative estimate of drug-likeness (QED) is 0.710. The van der Waals surface area contributed by atoms with Crippen molar-refractivity contribution in [2.75, 3.05) is 25.6 Å². The third-order valence-electron chi connectivity index (χ3n) is 2.50. The molecule has 0 atom stereocenters. The molecule has 7 heteroatoms. The van der Waals surface area contributed by atoms with Gasteiger partial charge in [0.2, 0.25) is 5.91 Å². The lowest BCUT2D eigenvalue weighted by Gasteiger charge is -2.10. The summed E-state index contributed by atoms with van der Waals surface area (Å²) in [5, 5.41) is 1.81. The zero-order chi connectivity index (χ0) is 14.5. The van der Waals surface area contributed by atoms with E-state index in [2.05, 4.69) is 0 Å². The maximum atomic E-state index is 11.7. The van der Waals surface area contributed by atoms with Crippen LogP contribution in [0.5, 0.6) is 0 Å². The number of nitrogens with zero attached hydrogens (tertiary/aromatic N) is 1. The van der Waals surface area contributed by atoms with Crippen LogP contribution in [0.4, 0.5) is 0 Å². The predicted molar refractivity (Wildman–Crippen MR) is 75.2 cm³/mol. The van der Waals surface area contributed by atoms with Crippen molar-refractivity contribution in [3.05, 3.63) is 22.4 Å². The molecule has 0 spiro atoms. The lowest BCUT2D eigenvalue weighted by molar-refractivity contribution is -0.125. The monoisotopic (exact) mass is 303 g/mol. The molecule has 0 N–H and O–H groups in total. The number of hydrogen-bond donors (Lipinski definition) is 0. The summed E-state index contributed by atoms with van der Waals surface area (Å²) in [4.78, 5) is 24.9. The van der Waals surface area contributed by atoms with E-state index in [4.69, 9.17) is 0 Å². The molecule has 0 aliphatic rings. The van der Waals surface area contributed by atoms with Gasteiger partial charge in [-0.25, -0.2) is 8.42 Å². The maximum absolute atomic E-state index is 11.7. The molecular weight excluding hydrogens is 286 g/mol. The van der Waals surface area contributed by atoms with Crippen LogP contribution in [-0.4, -0.2) is 50.6 Å². The van der Waals surface area contributed by atoms with Crippen molar-refractivity contribution in [2.24, 2.45) is 0 Å². The van der Waals surface area contributed by atoms with Crippen molar-refractivity contribution < 1.29 is 18.0 Å². The minimum Gasteiger partial charge on any atom is -0.348 e. The van der Waals surface area contributed by atoms with E-state index in [1.54, 1.807) is 17.5 Å². The number of thiophene rings is 1. The largest absolute Gasteiger partial charge is 0.348 e. The topological polar surface area (TPSA) is 71.5 Å². The maximum Gasteiger partial charge on any atom is 0.237 e. The molecule has 1 aromatic heterocycles. The van der Waals surface area contributed by atoms with Crippen molar-refractivity contribution in [2.45, 2.75) is 12.8 Å². The second-order valence-electron chi connectivity index (χ2n) is 4.38. The number of carbonyl (C=O) groups is 2. The van der Waals surface area contributed by atoms with Crippen LogP contribution in [0.1, 0.15) is 22.5 Å². The smallest absolute Gasteiger partial charge is 0.237 e. The number of ketones is 1. The fourth-order valence-corrected chi connectivity index (χ4v) is 3.46. The van der Waals surface area contributed by atoms with Gasteiger partial charge >= 0.3 is 0 Å². The molecule has 0 bridgehead atoms. The molecule has 5 nitrogen and oxygen atoms in total. The Labute approximate surface area is 117 Å². The molecule has 1 aromatic rings. The molecule has 0 fully saturated rings. The molecule has 1 heterocycles. The lowest BCUT2D eigenvalue weighted by atomic mass is 10.2. The van der Waals surface area contributed by atoms with Crippen LogP contribution >= 0.6 is 11.3 Å². The van der Waals surface area contributed by atoms with Gasteiger partial charge in [-0.2, -0.15) is 0 Å². The molecule has 0 saturated heterocycles. The highest BCUT2D eigenvalue weighted by atomic mass is 32.2. The summed E-state index contributed by atoms with van der Waals surface area (Å²) >= 11 is 1.34. The first-order valence-electron chi connectivity index (χ1n) is 5.79. The van der Waals surface area contributed by atoms with Crippen LogP contribution in [0.25, 0.3) is 0 Å². The van der Waals surface area contributed by atoms with E-state index in [1.807, 2.05) is 0 Å². The second kappa shape index (κ2) is 6.81. The Morgan fingerprint density at radius 1 is 1.32 bits per heavy atom. The average Bonchev–Trinajstić information content (AvgIpc) is 2.81. The normalized spacial score (nSPS) is 11.3. The van der Waals surface area contributed by atoms with Gasteiger partial charge in [0.15, 0.2) is 15.6 Å². The number of amides is 1. The fraction of sp³-hybridized carbons (Fsp3) is 0.500. The highest BCUT2D eigenvalue weighted by Gasteiger charge is 2.18. The van der Waals surface area contributed by atoms with Gasteiger partial charge in [0.05, 0.1) is 10.6 Å². The lowest BCUT2D eigenvalue weighted by Crippen LogP contribution is -2.30. The van der Waals surface area contributed by atoms with Gasteiger partial charge in [-0.05, 0) is 17.9 Å². The van der Waals surface area contributed by atoms with Crippen LogP contribution in [0, 0.1) is 0 Å². The van der Waals surface area contributed by atoms with Crippen LogP contribution < -0.4 is 0 Å². The van der Waals surface area contributed by atoms with Crippen LogP contribution in [0.15, 0.2) is 17.5 Å². The standard InChI is InChI=1S/C12H17NO4S2/c1-13(2)12(15)9-19(16,17)8-4-5-10(14)11-6-3-7-18-11/h3,6-7H,4-5,8-9H2,1-2H3. The molecule has 1 amide bonds. The number of Topliss-reactive ketones (excluding diaryl/α,β-unsaturated/α-hetero) is 1. The minimum atomic E-state index is -3.43. The van der Waals surface area contributed by atoms with Crippen LogP contribution in [-0.2, 0) is 14.6 Å². The van der Waals surface area contributed by atoms with Gasteiger partial charge in [0, 0.05) is 20.5 Å². The van der Waals surface area contributed by atoms with Gasteiger partial charge in [-0.1, -0.05) is 6.07 Å². The summed E-state index contributed by atoms with van der Waals surface area (Å²) in [6, 6.07) is 3.50. The predicted octanol–water partition coefficient (Wildman–Crippen LogP) is 1.21. The summed E-state index contributed by atoms with van der Waals surface area (Å²) in [5.41, 5.74) is 0. The second-order valence-corrected chi connectivity index (χ2v) is 7.52. The molecule has 0 aliphatic carbocycles. The first-order chi connectivity index (χ1) is 8.82. The van der Waals surface area contributed by atoms with E-state index in [0.29, 0.717) is 4.88 Å². The molecule has 0 aromatic carbocycles. The molecule has 0 aliphatic heterocycles. The van der Waals surface area contributed by atoms with Gasteiger partial charge < -0.3 is 4.90 Å². The third kappa shape index (κ3) is 5.52. The van der Waals surface area contributed by atoms with Gasteiger partial charge in [0.25, 0.3) is 0 Å². The van der Waals surface area contributed by atoms with E-state index in [-0.39, 0.29) is 24.4 Å². The van der Waals surface area contributed by atoms with Crippen LogP contribution in [0.2, 0.25) is 0 Å². The van der Waals surface area contributed by atoms with Gasteiger partial charge in [0.1, 0.15) is 5.75 Å². The summed E-state index contributed by atoms with van der Waals surface area (Å²) < 4.78 is 23.3. The highest BCUT2D eigenvalue weighted by Crippen LogP contribution is 2.12. The third-order valence-corrected chi connectivity index (χ3v) is 5.01. The molecule has 106 valence electrons. The number of hydrogen-bond acceptors (Lipinski definition) is 5. The minimum absolute atomic E-state index is 0.0517. The zero-order valence-corrected chi connectivity index (χ0v) is 12.6. The molecule has 0 radical (unpaired) electrons. The fourth-order valence-electron chi connectivity index (χ4n) is 1.40. The Morgan fingerprint density at radius 2 is 2.00 bits per heavy atom. The Bertz CT molecular complexity index is 532. The average molecular weight is 303 g/mol. The van der Waals surface area contributed by atoms with E-state index in [0.717, 1.165) is 0 Å². The summed E-state index contributed by atoms with van der Waals surface area (Å²) in [5.74, 6) is -1.12. The first-order valence-corrected chi connectivity index (χ1v) is 8.49. The first kappa shape index (κ1) is 15.8. The van der Waals surface area contributed by atoms with Crippen molar-refractivity contribution >= 4 is 32.9 Å². The summed E-state index contributed by atoms with van der Waals surface area (Å²) in [7, 11) is -0.406. The number of carbonyl (C=O) groups excluding carboxylic acids is 2. The van der Waals surface area contributed by atoms with Crippen molar-refractivity contribution in [1.29, 1.82) is 0 Å². The van der Waals surface area contributed by atoms with Crippen molar-refractivity contribution in [3.8, 4) is 0 Å². The Balaban J connectivity index is 2.40. The Morgan fingerprint density at radius 3 is 2.53 bits per heavy atom. The van der Waals surface area contributed by atoms with Gasteiger partial charge in [-0.15, -0.1) is 11.3 Å². The number of rotatable bonds is 7. The molecule has 0 saturated carbocycles. The SMILES string of the molecule is CN(C)C(=O)CS(=O)(=O)CCCC(=O)c1cccs1. The van der Waals surface area contributed by atoms with Crippen molar-refractivity contribution in [1.82, 2.24) is 4.90 Å². The zero-order valence-electron chi connectivity index (χ0n) is 11.0. The number of sulfone groups is 1.